The van der Waals surface area contributed by atoms with Crippen LogP contribution in [-0.4, -0.2) is 31.6 Å². The van der Waals surface area contributed by atoms with Gasteiger partial charge in [0, 0.05) is 13.7 Å². The number of aliphatic hydroxyl groups is 1. The molecule has 2 aromatic rings. The molecule has 0 saturated heterocycles. The van der Waals surface area contributed by atoms with Crippen molar-refractivity contribution < 1.29 is 14.6 Å². The summed E-state index contributed by atoms with van der Waals surface area (Å²) in [6, 6.07) is 17.5. The number of carbonyl (C=O) groups is 1. The number of aliphatic hydroxyl groups excluding tert-OH is 1. The Bertz CT molecular complexity index is 601. The molecular formula is C19H23NO3. The number of hydrogen-bond donors (Lipinski definition) is 2. The summed E-state index contributed by atoms with van der Waals surface area (Å²) < 4.78 is 5.10. The second-order valence-corrected chi connectivity index (χ2v) is 5.42. The molecule has 0 aliphatic carbocycles. The lowest BCUT2D eigenvalue weighted by Crippen LogP contribution is -2.23. The summed E-state index contributed by atoms with van der Waals surface area (Å²) in [4.78, 5) is 11.0. The van der Waals surface area contributed by atoms with E-state index < -0.39 is 12.2 Å². The molecule has 0 spiro atoms. The molecule has 122 valence electrons. The van der Waals surface area contributed by atoms with E-state index in [9.17, 15) is 9.90 Å². The van der Waals surface area contributed by atoms with Crippen LogP contribution in [0.15, 0.2) is 54.6 Å². The van der Waals surface area contributed by atoms with Gasteiger partial charge >= 0.3 is 0 Å². The maximum absolute atomic E-state index is 11.0. The topological polar surface area (TPSA) is 58.6 Å². The summed E-state index contributed by atoms with van der Waals surface area (Å²) >= 11 is 0. The first-order valence-electron chi connectivity index (χ1n) is 7.75. The third-order valence-electron chi connectivity index (χ3n) is 3.77. The Hall–Kier alpha value is -2.01. The van der Waals surface area contributed by atoms with Gasteiger partial charge in [0.15, 0.2) is 6.29 Å². The van der Waals surface area contributed by atoms with Crippen LogP contribution in [0, 0.1) is 0 Å². The highest BCUT2D eigenvalue weighted by Gasteiger charge is 2.12. The number of methoxy groups -OCH3 is 1. The molecule has 0 fully saturated rings. The monoisotopic (exact) mass is 313 g/mol. The van der Waals surface area contributed by atoms with Gasteiger partial charge in [-0.3, -0.25) is 0 Å². The van der Waals surface area contributed by atoms with E-state index in [0.29, 0.717) is 6.54 Å². The Kier molecular flexibility index (Phi) is 6.94. The molecule has 2 N–H and O–H groups in total. The first-order chi connectivity index (χ1) is 11.2. The molecule has 0 aromatic heterocycles. The van der Waals surface area contributed by atoms with Crippen LogP contribution in [0.2, 0.25) is 0 Å². The van der Waals surface area contributed by atoms with E-state index in [-0.39, 0.29) is 0 Å². The molecule has 23 heavy (non-hydrogen) atoms. The molecule has 0 saturated carbocycles. The lowest BCUT2D eigenvalue weighted by molar-refractivity contribution is -0.116. The molecular weight excluding hydrogens is 290 g/mol. The summed E-state index contributed by atoms with van der Waals surface area (Å²) in [5.74, 6) is 0. The molecule has 4 nitrogen and oxygen atoms in total. The van der Waals surface area contributed by atoms with Gasteiger partial charge in [-0.2, -0.15) is 0 Å². The van der Waals surface area contributed by atoms with Crippen molar-refractivity contribution in [3.63, 3.8) is 0 Å². The summed E-state index contributed by atoms with van der Waals surface area (Å²) in [7, 11) is 1.49. The number of hydrogen-bond acceptors (Lipinski definition) is 4. The molecule has 0 aliphatic heterocycles. The van der Waals surface area contributed by atoms with Crippen molar-refractivity contribution in [2.75, 3.05) is 20.2 Å². The molecule has 0 aliphatic rings. The summed E-state index contributed by atoms with van der Waals surface area (Å²) in [6.07, 6.45) is 0.469. The summed E-state index contributed by atoms with van der Waals surface area (Å²) in [5.41, 5.74) is 2.80. The predicted molar refractivity (Wildman–Crippen MR) is 90.2 cm³/mol. The first kappa shape index (κ1) is 17.3. The van der Waals surface area contributed by atoms with Crippen LogP contribution in [0.3, 0.4) is 0 Å². The summed E-state index contributed by atoms with van der Waals surface area (Å²) in [6.45, 7) is 1.27. The molecule has 4 heteroatoms. The molecule has 0 amide bonds. The highest BCUT2D eigenvalue weighted by Crippen LogP contribution is 2.19. The smallest absolute Gasteiger partial charge is 0.153 e. The van der Waals surface area contributed by atoms with Crippen LogP contribution in [0.5, 0.6) is 0 Å². The number of benzene rings is 2. The number of carbonyl (C=O) groups excluding carboxylic acids is 1. The maximum atomic E-state index is 11.0. The van der Waals surface area contributed by atoms with Crippen molar-refractivity contribution in [1.82, 2.24) is 5.32 Å². The van der Waals surface area contributed by atoms with Gasteiger partial charge in [-0.1, -0.05) is 54.6 Å². The van der Waals surface area contributed by atoms with E-state index in [1.165, 1.54) is 12.7 Å². The van der Waals surface area contributed by atoms with Gasteiger partial charge in [0.05, 0.1) is 6.10 Å². The zero-order valence-corrected chi connectivity index (χ0v) is 13.3. The van der Waals surface area contributed by atoms with Crippen molar-refractivity contribution in [3.8, 4) is 0 Å². The Labute approximate surface area is 137 Å². The van der Waals surface area contributed by atoms with Crippen LogP contribution < -0.4 is 5.32 Å². The van der Waals surface area contributed by atoms with Gasteiger partial charge in [-0.15, -0.1) is 0 Å². The average Bonchev–Trinajstić information content (AvgIpc) is 2.61. The van der Waals surface area contributed by atoms with Crippen LogP contribution in [-0.2, 0) is 16.0 Å². The molecule has 2 atom stereocenters. The number of rotatable bonds is 9. The van der Waals surface area contributed by atoms with Crippen molar-refractivity contribution in [3.05, 3.63) is 71.3 Å². The Morgan fingerprint density at radius 1 is 1.13 bits per heavy atom. The van der Waals surface area contributed by atoms with Crippen molar-refractivity contribution in [2.24, 2.45) is 0 Å². The third-order valence-corrected chi connectivity index (χ3v) is 3.77. The van der Waals surface area contributed by atoms with E-state index in [4.69, 9.17) is 4.74 Å². The van der Waals surface area contributed by atoms with Gasteiger partial charge in [0.25, 0.3) is 0 Å². The minimum absolute atomic E-state index is 0.467. The lowest BCUT2D eigenvalue weighted by atomic mass is 10.0. The first-order valence-corrected chi connectivity index (χ1v) is 7.75. The molecule has 0 bridgehead atoms. The number of ether oxygens (including phenoxy) is 1. The zero-order valence-electron chi connectivity index (χ0n) is 13.3. The van der Waals surface area contributed by atoms with Crippen molar-refractivity contribution >= 4 is 6.29 Å². The fraction of sp³-hybridized carbons (Fsp3) is 0.316. The average molecular weight is 313 g/mol. The minimum atomic E-state index is -0.616. The zero-order chi connectivity index (χ0) is 16.5. The van der Waals surface area contributed by atoms with E-state index in [0.717, 1.165) is 30.4 Å². The van der Waals surface area contributed by atoms with Crippen molar-refractivity contribution in [2.45, 2.75) is 18.6 Å². The molecule has 0 heterocycles. The SMILES string of the molecule is COC(C=O)c1cccc(C(O)CNCCc2ccccc2)c1. The molecule has 0 radical (unpaired) electrons. The Morgan fingerprint density at radius 2 is 1.87 bits per heavy atom. The van der Waals surface area contributed by atoms with Crippen LogP contribution in [0.1, 0.15) is 28.9 Å². The molecule has 2 aromatic carbocycles. The molecule has 2 unspecified atom stereocenters. The second kappa shape index (κ2) is 9.20. The van der Waals surface area contributed by atoms with Gasteiger partial charge in [0.1, 0.15) is 6.10 Å². The highest BCUT2D eigenvalue weighted by atomic mass is 16.5. The fourth-order valence-electron chi connectivity index (χ4n) is 2.45. The standard InChI is InChI=1S/C19H23NO3/c1-23-19(14-21)17-9-5-8-16(12-17)18(22)13-20-11-10-15-6-3-2-4-7-15/h2-9,12,14,18-20,22H,10-11,13H2,1H3. The second-order valence-electron chi connectivity index (χ2n) is 5.42. The van der Waals surface area contributed by atoms with Crippen LogP contribution >= 0.6 is 0 Å². The number of nitrogens with one attached hydrogen (secondary N) is 1. The highest BCUT2D eigenvalue weighted by molar-refractivity contribution is 5.60. The Balaban J connectivity index is 1.84. The van der Waals surface area contributed by atoms with Gasteiger partial charge in [-0.05, 0) is 29.7 Å². The normalized spacial score (nSPS) is 13.5. The minimum Gasteiger partial charge on any atom is -0.387 e. The van der Waals surface area contributed by atoms with Crippen LogP contribution in [0.25, 0.3) is 0 Å². The van der Waals surface area contributed by atoms with Gasteiger partial charge < -0.3 is 20.0 Å². The van der Waals surface area contributed by atoms with E-state index in [2.05, 4.69) is 17.4 Å². The third kappa shape index (κ3) is 5.28. The quantitative estimate of drug-likeness (QED) is 0.551. The fourth-order valence-corrected chi connectivity index (χ4v) is 2.45. The maximum Gasteiger partial charge on any atom is 0.153 e. The predicted octanol–water partition coefficient (Wildman–Crippen LogP) is 2.44. The summed E-state index contributed by atoms with van der Waals surface area (Å²) in [5, 5.41) is 13.5. The van der Waals surface area contributed by atoms with E-state index in [1.807, 2.05) is 42.5 Å². The lowest BCUT2D eigenvalue weighted by Gasteiger charge is -2.15. The van der Waals surface area contributed by atoms with E-state index >= 15 is 0 Å². The van der Waals surface area contributed by atoms with Crippen LogP contribution in [0.4, 0.5) is 0 Å². The van der Waals surface area contributed by atoms with Crippen molar-refractivity contribution in [1.29, 1.82) is 0 Å². The molecule has 2 rings (SSSR count). The van der Waals surface area contributed by atoms with Gasteiger partial charge in [0.2, 0.25) is 0 Å². The number of aldehydes is 1. The van der Waals surface area contributed by atoms with E-state index in [1.54, 1.807) is 0 Å². The Morgan fingerprint density at radius 3 is 2.57 bits per heavy atom. The largest absolute Gasteiger partial charge is 0.387 e. The van der Waals surface area contributed by atoms with Gasteiger partial charge in [-0.25, -0.2) is 0 Å².